The number of rotatable bonds is 16. The van der Waals surface area contributed by atoms with Gasteiger partial charge in [-0.15, -0.1) is 0 Å². The Morgan fingerprint density at radius 1 is 0.762 bits per heavy atom. The van der Waals surface area contributed by atoms with Gasteiger partial charge in [-0.25, -0.2) is 0 Å². The minimum Gasteiger partial charge on any atom is -0.469 e. The molecule has 0 aromatic carbocycles. The number of hydrogen-bond acceptors (Lipinski definition) is 4. The first-order valence-corrected chi connectivity index (χ1v) is 10.8. The molecule has 0 saturated carbocycles. The van der Waals surface area contributed by atoms with Crippen molar-refractivity contribution in [3.05, 3.63) is 0 Å². The highest BCUT2D eigenvalue weighted by molar-refractivity contribution is 7.99. The van der Waals surface area contributed by atoms with E-state index < -0.39 is 0 Å². The van der Waals surface area contributed by atoms with E-state index in [0.717, 1.165) is 12.8 Å². The highest BCUT2D eigenvalue weighted by Crippen LogP contribution is 2.13. The summed E-state index contributed by atoms with van der Waals surface area (Å²) < 4.78 is 4.63. The molecule has 4 heteroatoms. The van der Waals surface area contributed by atoms with Crippen LogP contribution in [0.2, 0.25) is 0 Å². The van der Waals surface area contributed by atoms with Crippen LogP contribution in [0.25, 0.3) is 0 Å². The van der Waals surface area contributed by atoms with Gasteiger partial charge >= 0.3 is 5.97 Å². The molecule has 0 atom stereocenters. The Balaban J connectivity index is 2.98. The lowest BCUT2D eigenvalue weighted by atomic mass is 10.1. The molecule has 0 aromatic heterocycles. The summed E-state index contributed by atoms with van der Waals surface area (Å²) in [6.45, 7) is 2.25. The predicted octanol–water partition coefficient (Wildman–Crippen LogP) is 5.55. The Morgan fingerprint density at radius 3 is 1.81 bits per heavy atom. The van der Waals surface area contributed by atoms with Crippen molar-refractivity contribution in [1.82, 2.24) is 0 Å². The van der Waals surface area contributed by atoms with Crippen LogP contribution in [-0.2, 0) is 9.53 Å². The zero-order valence-electron chi connectivity index (χ0n) is 14.0. The van der Waals surface area contributed by atoms with Crippen LogP contribution in [0.15, 0.2) is 0 Å². The van der Waals surface area contributed by atoms with Crippen LogP contribution in [0.5, 0.6) is 0 Å². The molecule has 0 heterocycles. The maximum absolute atomic E-state index is 10.9. The molecular formula is C17H34O2S2. The number of thioether (sulfide) groups is 2. The Kier molecular flexibility index (Phi) is 18.4. The van der Waals surface area contributed by atoms with Gasteiger partial charge in [-0.1, -0.05) is 32.6 Å². The third kappa shape index (κ3) is 18.1. The van der Waals surface area contributed by atoms with E-state index in [1.165, 1.54) is 75.1 Å². The monoisotopic (exact) mass is 334 g/mol. The van der Waals surface area contributed by atoms with Crippen LogP contribution in [0.3, 0.4) is 0 Å². The molecule has 0 amide bonds. The van der Waals surface area contributed by atoms with Gasteiger partial charge in [0.1, 0.15) is 0 Å². The minimum absolute atomic E-state index is 0.0699. The summed E-state index contributed by atoms with van der Waals surface area (Å²) in [5.41, 5.74) is 0. The van der Waals surface area contributed by atoms with E-state index in [9.17, 15) is 4.79 Å². The average molecular weight is 335 g/mol. The van der Waals surface area contributed by atoms with Crippen molar-refractivity contribution >= 4 is 29.5 Å². The molecule has 0 bridgehead atoms. The maximum Gasteiger partial charge on any atom is 0.305 e. The molecule has 0 aliphatic carbocycles. The predicted molar refractivity (Wildman–Crippen MR) is 98.5 cm³/mol. The summed E-state index contributed by atoms with van der Waals surface area (Å²) in [6.07, 6.45) is 12.1. The van der Waals surface area contributed by atoms with Crippen LogP contribution in [0, 0.1) is 0 Å². The topological polar surface area (TPSA) is 26.3 Å². The number of unbranched alkanes of at least 4 members (excludes halogenated alkanes) is 6. The average Bonchev–Trinajstić information content (AvgIpc) is 2.50. The Labute approximate surface area is 140 Å². The molecule has 21 heavy (non-hydrogen) atoms. The van der Waals surface area contributed by atoms with Crippen molar-refractivity contribution in [2.75, 3.05) is 30.1 Å². The highest BCUT2D eigenvalue weighted by Gasteiger charge is 1.99. The van der Waals surface area contributed by atoms with Gasteiger partial charge in [0.25, 0.3) is 0 Å². The molecule has 0 N–H and O–H groups in total. The van der Waals surface area contributed by atoms with Crippen LogP contribution >= 0.6 is 23.5 Å². The van der Waals surface area contributed by atoms with E-state index in [2.05, 4.69) is 35.2 Å². The standard InChI is InChI=1S/C17H34O2S2/c1-3-13-20-15-10-11-16-21-14-9-7-5-4-6-8-12-17(18)19-2/h3-16H2,1-2H3. The van der Waals surface area contributed by atoms with Crippen molar-refractivity contribution in [2.24, 2.45) is 0 Å². The van der Waals surface area contributed by atoms with Crippen molar-refractivity contribution in [1.29, 1.82) is 0 Å². The fraction of sp³-hybridized carbons (Fsp3) is 0.941. The lowest BCUT2D eigenvalue weighted by Gasteiger charge is -2.03. The van der Waals surface area contributed by atoms with Gasteiger partial charge in [-0.3, -0.25) is 4.79 Å². The second-order valence-electron chi connectivity index (χ2n) is 5.38. The molecular weight excluding hydrogens is 300 g/mol. The van der Waals surface area contributed by atoms with Gasteiger partial charge in [0.2, 0.25) is 0 Å². The van der Waals surface area contributed by atoms with Crippen LogP contribution in [0.4, 0.5) is 0 Å². The Bertz CT molecular complexity index is 223. The summed E-state index contributed by atoms with van der Waals surface area (Å²) in [4.78, 5) is 10.9. The van der Waals surface area contributed by atoms with Crippen LogP contribution in [-0.4, -0.2) is 36.1 Å². The van der Waals surface area contributed by atoms with Crippen molar-refractivity contribution in [3.63, 3.8) is 0 Å². The smallest absolute Gasteiger partial charge is 0.305 e. The van der Waals surface area contributed by atoms with E-state index >= 15 is 0 Å². The first-order chi connectivity index (χ1) is 10.3. The summed E-state index contributed by atoms with van der Waals surface area (Å²) in [5, 5.41) is 0. The summed E-state index contributed by atoms with van der Waals surface area (Å²) in [7, 11) is 1.46. The van der Waals surface area contributed by atoms with Gasteiger partial charge in [-0.2, -0.15) is 23.5 Å². The van der Waals surface area contributed by atoms with Gasteiger partial charge in [0.05, 0.1) is 7.11 Å². The van der Waals surface area contributed by atoms with Gasteiger partial charge in [0, 0.05) is 6.42 Å². The van der Waals surface area contributed by atoms with Gasteiger partial charge < -0.3 is 4.74 Å². The molecule has 0 saturated heterocycles. The number of methoxy groups -OCH3 is 1. The normalized spacial score (nSPS) is 10.8. The Morgan fingerprint density at radius 2 is 1.24 bits per heavy atom. The molecule has 0 radical (unpaired) electrons. The Hall–Kier alpha value is 0.170. The lowest BCUT2D eigenvalue weighted by Crippen LogP contribution is -1.99. The van der Waals surface area contributed by atoms with Crippen molar-refractivity contribution < 1.29 is 9.53 Å². The second-order valence-corrected chi connectivity index (χ2v) is 7.83. The van der Waals surface area contributed by atoms with Crippen molar-refractivity contribution in [3.8, 4) is 0 Å². The third-order valence-electron chi connectivity index (χ3n) is 3.32. The van der Waals surface area contributed by atoms with Crippen LogP contribution in [0.1, 0.15) is 71.1 Å². The second kappa shape index (κ2) is 18.2. The summed E-state index contributed by atoms with van der Waals surface area (Å²) >= 11 is 4.22. The summed E-state index contributed by atoms with van der Waals surface area (Å²) in [6, 6.07) is 0. The molecule has 0 aliphatic heterocycles. The molecule has 0 rings (SSSR count). The number of ether oxygens (including phenoxy) is 1. The first kappa shape index (κ1) is 21.2. The quantitative estimate of drug-likeness (QED) is 0.273. The number of carbonyl (C=O) groups excluding carboxylic acids is 1. The zero-order valence-corrected chi connectivity index (χ0v) is 15.7. The largest absolute Gasteiger partial charge is 0.469 e. The SMILES string of the molecule is CCCSCCCCSCCCCCCCCC(=O)OC. The van der Waals surface area contributed by atoms with E-state index in [-0.39, 0.29) is 5.97 Å². The van der Waals surface area contributed by atoms with E-state index in [1.54, 1.807) is 0 Å². The number of carbonyl (C=O) groups is 1. The first-order valence-electron chi connectivity index (χ1n) is 8.53. The number of esters is 1. The molecule has 2 nitrogen and oxygen atoms in total. The van der Waals surface area contributed by atoms with Crippen LogP contribution < -0.4 is 0 Å². The fourth-order valence-corrected chi connectivity index (χ4v) is 3.96. The van der Waals surface area contributed by atoms with Gasteiger partial charge in [-0.05, 0) is 55.1 Å². The lowest BCUT2D eigenvalue weighted by molar-refractivity contribution is -0.140. The minimum atomic E-state index is -0.0699. The fourth-order valence-electron chi connectivity index (χ4n) is 2.04. The highest BCUT2D eigenvalue weighted by atomic mass is 32.2. The third-order valence-corrected chi connectivity index (χ3v) is 5.75. The van der Waals surface area contributed by atoms with Crippen molar-refractivity contribution in [2.45, 2.75) is 71.1 Å². The molecule has 0 aliphatic rings. The number of hydrogen-bond donors (Lipinski definition) is 0. The molecule has 0 aromatic rings. The zero-order chi connectivity index (χ0) is 15.6. The molecule has 126 valence electrons. The van der Waals surface area contributed by atoms with E-state index in [1.807, 2.05) is 0 Å². The molecule has 0 unspecified atom stereocenters. The van der Waals surface area contributed by atoms with E-state index in [0.29, 0.717) is 6.42 Å². The van der Waals surface area contributed by atoms with Gasteiger partial charge in [0.15, 0.2) is 0 Å². The van der Waals surface area contributed by atoms with E-state index in [4.69, 9.17) is 0 Å². The summed E-state index contributed by atoms with van der Waals surface area (Å²) in [5.74, 6) is 5.27. The maximum atomic E-state index is 10.9. The molecule has 0 fully saturated rings. The molecule has 0 spiro atoms.